The number of anilines is 1. The third-order valence-corrected chi connectivity index (χ3v) is 4.93. The van der Waals surface area contributed by atoms with Crippen LogP contribution in [0.3, 0.4) is 0 Å². The van der Waals surface area contributed by atoms with Gasteiger partial charge in [-0.25, -0.2) is 12.8 Å². The van der Waals surface area contributed by atoms with Crippen molar-refractivity contribution >= 4 is 21.6 Å². The SMILES string of the molecule is Cc1ccc(F)cc1NC(=O)C1CCCCN1S(C)(=O)=O. The summed E-state index contributed by atoms with van der Waals surface area (Å²) in [6.45, 7) is 2.10. The van der Waals surface area contributed by atoms with Crippen LogP contribution in [0.15, 0.2) is 18.2 Å². The van der Waals surface area contributed by atoms with Gasteiger partial charge in [0.1, 0.15) is 11.9 Å². The third-order valence-electron chi connectivity index (χ3n) is 3.64. The second kappa shape index (κ2) is 6.11. The minimum atomic E-state index is -3.43. The molecule has 1 saturated heterocycles. The fourth-order valence-corrected chi connectivity index (χ4v) is 3.63. The molecule has 0 radical (unpaired) electrons. The molecule has 1 amide bonds. The predicted molar refractivity (Wildman–Crippen MR) is 79.0 cm³/mol. The second-order valence-electron chi connectivity index (χ2n) is 5.33. The summed E-state index contributed by atoms with van der Waals surface area (Å²) in [5.41, 5.74) is 1.10. The van der Waals surface area contributed by atoms with Crippen LogP contribution in [0, 0.1) is 12.7 Å². The number of benzene rings is 1. The number of piperidine rings is 1. The van der Waals surface area contributed by atoms with E-state index in [4.69, 9.17) is 0 Å². The van der Waals surface area contributed by atoms with Crippen molar-refractivity contribution in [2.24, 2.45) is 0 Å². The van der Waals surface area contributed by atoms with E-state index in [0.717, 1.165) is 24.7 Å². The lowest BCUT2D eigenvalue weighted by molar-refractivity contribution is -0.120. The Kier molecular flexibility index (Phi) is 4.63. The summed E-state index contributed by atoms with van der Waals surface area (Å²) in [5.74, 6) is -0.853. The molecule has 5 nitrogen and oxygen atoms in total. The van der Waals surface area contributed by atoms with E-state index in [1.54, 1.807) is 13.0 Å². The number of sulfonamides is 1. The van der Waals surface area contributed by atoms with Gasteiger partial charge in [-0.05, 0) is 37.5 Å². The summed E-state index contributed by atoms with van der Waals surface area (Å²) >= 11 is 0. The molecule has 1 unspecified atom stereocenters. The van der Waals surface area contributed by atoms with Gasteiger partial charge in [-0.2, -0.15) is 4.31 Å². The molecule has 0 aliphatic carbocycles. The van der Waals surface area contributed by atoms with Crippen molar-refractivity contribution in [2.45, 2.75) is 32.2 Å². The standard InChI is InChI=1S/C14H19FN2O3S/c1-10-6-7-11(15)9-12(10)16-14(18)13-5-3-4-8-17(13)21(2,19)20/h6-7,9,13H,3-5,8H2,1-2H3,(H,16,18). The number of hydrogen-bond donors (Lipinski definition) is 1. The normalized spacial score (nSPS) is 20.2. The maximum absolute atomic E-state index is 13.2. The zero-order chi connectivity index (χ0) is 15.6. The molecule has 0 bridgehead atoms. The van der Waals surface area contributed by atoms with Gasteiger partial charge in [-0.3, -0.25) is 4.79 Å². The lowest BCUT2D eigenvalue weighted by Gasteiger charge is -2.32. The molecule has 1 aromatic carbocycles. The summed E-state index contributed by atoms with van der Waals surface area (Å²) < 4.78 is 38.0. The third kappa shape index (κ3) is 3.79. The highest BCUT2D eigenvalue weighted by Gasteiger charge is 2.34. The Hall–Kier alpha value is -1.47. The molecular formula is C14H19FN2O3S. The Labute approximate surface area is 124 Å². The molecule has 21 heavy (non-hydrogen) atoms. The number of rotatable bonds is 3. The Morgan fingerprint density at radius 2 is 2.10 bits per heavy atom. The monoisotopic (exact) mass is 314 g/mol. The number of nitrogens with zero attached hydrogens (tertiary/aromatic N) is 1. The van der Waals surface area contributed by atoms with Crippen molar-refractivity contribution in [3.63, 3.8) is 0 Å². The fourth-order valence-electron chi connectivity index (χ4n) is 2.51. The highest BCUT2D eigenvalue weighted by molar-refractivity contribution is 7.88. The topological polar surface area (TPSA) is 66.5 Å². The molecular weight excluding hydrogens is 295 g/mol. The number of carbonyl (C=O) groups excluding carboxylic acids is 1. The maximum atomic E-state index is 13.2. The first-order chi connectivity index (χ1) is 9.79. The van der Waals surface area contributed by atoms with Crippen LogP contribution in [0.5, 0.6) is 0 Å². The van der Waals surface area contributed by atoms with E-state index in [9.17, 15) is 17.6 Å². The molecule has 0 spiro atoms. The van der Waals surface area contributed by atoms with Crippen LogP contribution in [-0.4, -0.2) is 37.5 Å². The number of aryl methyl sites for hydroxylation is 1. The van der Waals surface area contributed by atoms with Gasteiger partial charge >= 0.3 is 0 Å². The van der Waals surface area contributed by atoms with Gasteiger partial charge in [0.2, 0.25) is 15.9 Å². The Morgan fingerprint density at radius 3 is 2.76 bits per heavy atom. The highest BCUT2D eigenvalue weighted by atomic mass is 32.2. The number of carbonyl (C=O) groups is 1. The zero-order valence-electron chi connectivity index (χ0n) is 12.1. The van der Waals surface area contributed by atoms with E-state index >= 15 is 0 Å². The average Bonchev–Trinajstić information content (AvgIpc) is 2.42. The van der Waals surface area contributed by atoms with Crippen molar-refractivity contribution in [2.75, 3.05) is 18.1 Å². The van der Waals surface area contributed by atoms with Crippen molar-refractivity contribution in [3.8, 4) is 0 Å². The van der Waals surface area contributed by atoms with Crippen LogP contribution in [0.4, 0.5) is 10.1 Å². The van der Waals surface area contributed by atoms with Crippen molar-refractivity contribution in [3.05, 3.63) is 29.6 Å². The van der Waals surface area contributed by atoms with Gasteiger partial charge < -0.3 is 5.32 Å². The summed E-state index contributed by atoms with van der Waals surface area (Å²) in [5, 5.41) is 2.64. The largest absolute Gasteiger partial charge is 0.324 e. The zero-order valence-corrected chi connectivity index (χ0v) is 12.9. The predicted octanol–water partition coefficient (Wildman–Crippen LogP) is 1.89. The van der Waals surface area contributed by atoms with Crippen LogP contribution in [-0.2, 0) is 14.8 Å². The summed E-state index contributed by atoms with van der Waals surface area (Å²) in [4.78, 5) is 12.3. The molecule has 7 heteroatoms. The Morgan fingerprint density at radius 1 is 1.38 bits per heavy atom. The smallest absolute Gasteiger partial charge is 0.242 e. The first kappa shape index (κ1) is 15.9. The van der Waals surface area contributed by atoms with Crippen LogP contribution >= 0.6 is 0 Å². The van der Waals surface area contributed by atoms with E-state index in [2.05, 4.69) is 5.32 Å². The van der Waals surface area contributed by atoms with Gasteiger partial charge in [-0.1, -0.05) is 12.5 Å². The van der Waals surface area contributed by atoms with Gasteiger partial charge in [0.05, 0.1) is 6.26 Å². The maximum Gasteiger partial charge on any atom is 0.242 e. The van der Waals surface area contributed by atoms with E-state index in [-0.39, 0.29) is 0 Å². The summed E-state index contributed by atoms with van der Waals surface area (Å²) in [7, 11) is -3.43. The van der Waals surface area contributed by atoms with Gasteiger partial charge in [0.15, 0.2) is 0 Å². The van der Waals surface area contributed by atoms with Crippen LogP contribution in [0.25, 0.3) is 0 Å². The van der Waals surface area contributed by atoms with Gasteiger partial charge in [0.25, 0.3) is 0 Å². The molecule has 1 atom stereocenters. The highest BCUT2D eigenvalue weighted by Crippen LogP contribution is 2.23. The van der Waals surface area contributed by atoms with Crippen molar-refractivity contribution in [1.29, 1.82) is 0 Å². The lowest BCUT2D eigenvalue weighted by Crippen LogP contribution is -2.49. The molecule has 2 rings (SSSR count). The molecule has 1 aromatic rings. The number of nitrogens with one attached hydrogen (secondary N) is 1. The Bertz CT molecular complexity index is 646. The molecule has 0 aromatic heterocycles. The first-order valence-corrected chi connectivity index (χ1v) is 8.67. The summed E-state index contributed by atoms with van der Waals surface area (Å²) in [6.07, 6.45) is 3.13. The second-order valence-corrected chi connectivity index (χ2v) is 7.27. The molecule has 1 fully saturated rings. The van der Waals surface area contributed by atoms with Crippen molar-refractivity contribution < 1.29 is 17.6 Å². The molecule has 1 aliphatic rings. The molecule has 1 aliphatic heterocycles. The first-order valence-electron chi connectivity index (χ1n) is 6.83. The average molecular weight is 314 g/mol. The Balaban J connectivity index is 2.20. The van der Waals surface area contributed by atoms with E-state index < -0.39 is 27.8 Å². The quantitative estimate of drug-likeness (QED) is 0.926. The van der Waals surface area contributed by atoms with Crippen LogP contribution in [0.1, 0.15) is 24.8 Å². The molecule has 1 heterocycles. The van der Waals surface area contributed by atoms with Crippen LogP contribution < -0.4 is 5.32 Å². The van der Waals surface area contributed by atoms with E-state index in [0.29, 0.717) is 18.7 Å². The van der Waals surface area contributed by atoms with Crippen molar-refractivity contribution in [1.82, 2.24) is 4.31 Å². The lowest BCUT2D eigenvalue weighted by atomic mass is 10.0. The summed E-state index contributed by atoms with van der Waals surface area (Å²) in [6, 6.07) is 3.39. The van der Waals surface area contributed by atoms with Crippen LogP contribution in [0.2, 0.25) is 0 Å². The van der Waals surface area contributed by atoms with E-state index in [1.807, 2.05) is 0 Å². The fraction of sp³-hybridized carbons (Fsp3) is 0.500. The minimum absolute atomic E-state index is 0.346. The molecule has 0 saturated carbocycles. The number of amides is 1. The molecule has 116 valence electrons. The number of halogens is 1. The van der Waals surface area contributed by atoms with Gasteiger partial charge in [-0.15, -0.1) is 0 Å². The van der Waals surface area contributed by atoms with Gasteiger partial charge in [0, 0.05) is 12.2 Å². The minimum Gasteiger partial charge on any atom is -0.324 e. The molecule has 1 N–H and O–H groups in total. The van der Waals surface area contributed by atoms with E-state index in [1.165, 1.54) is 16.4 Å². The number of hydrogen-bond acceptors (Lipinski definition) is 3.